The fourth-order valence-electron chi connectivity index (χ4n) is 4.73. The minimum absolute atomic E-state index is 0.0453. The van der Waals surface area contributed by atoms with E-state index in [2.05, 4.69) is 10.0 Å². The van der Waals surface area contributed by atoms with Crippen LogP contribution in [0, 0.1) is 10.1 Å². The van der Waals surface area contributed by atoms with E-state index in [9.17, 15) is 20.0 Å². The van der Waals surface area contributed by atoms with Crippen molar-refractivity contribution in [2.75, 3.05) is 5.75 Å². The van der Waals surface area contributed by atoms with Crippen LogP contribution in [0.3, 0.4) is 0 Å². The molecule has 2 aromatic rings. The number of rotatable bonds is 11. The summed E-state index contributed by atoms with van der Waals surface area (Å²) in [5, 5.41) is 24.1. The molecule has 3 N–H and O–H groups in total. The fourth-order valence-corrected chi connectivity index (χ4v) is 6.69. The molecule has 0 spiro atoms. The topological polar surface area (TPSA) is 104 Å². The van der Waals surface area contributed by atoms with Crippen molar-refractivity contribution >= 4 is 35.4 Å². The zero-order valence-electron chi connectivity index (χ0n) is 21.3. The highest BCUT2D eigenvalue weighted by Gasteiger charge is 2.21. The van der Waals surface area contributed by atoms with Gasteiger partial charge < -0.3 is 10.4 Å². The Kier molecular flexibility index (Phi) is 13.3. The first kappa shape index (κ1) is 29.5. The number of carboxylic acid groups (broad SMARTS) is 1. The van der Waals surface area contributed by atoms with Crippen LogP contribution in [0.4, 0.5) is 5.69 Å². The zero-order valence-corrected chi connectivity index (χ0v) is 23.0. The number of para-hydroxylation sites is 1. The zero-order chi connectivity index (χ0) is 26.3. The number of nitrogens with one attached hydrogen (secondary N) is 2. The summed E-state index contributed by atoms with van der Waals surface area (Å²) in [6.45, 7) is 0. The Morgan fingerprint density at radius 3 is 2.05 bits per heavy atom. The van der Waals surface area contributed by atoms with Crippen LogP contribution < -0.4 is 10.0 Å². The summed E-state index contributed by atoms with van der Waals surface area (Å²) in [7, 11) is 0. The molecule has 0 amide bonds. The number of nitrogens with zero attached hydrogens (tertiary/aromatic N) is 1. The first-order valence-electron chi connectivity index (χ1n) is 13.3. The number of thioether (sulfide) groups is 1. The van der Waals surface area contributed by atoms with E-state index in [1.54, 1.807) is 18.2 Å². The Bertz CT molecular complexity index is 935. The van der Waals surface area contributed by atoms with Crippen molar-refractivity contribution in [3.05, 3.63) is 70.3 Å². The molecule has 4 rings (SSSR count). The van der Waals surface area contributed by atoms with E-state index in [1.807, 2.05) is 30.3 Å². The number of benzene rings is 2. The van der Waals surface area contributed by atoms with Crippen LogP contribution in [-0.2, 0) is 10.5 Å². The molecule has 0 aromatic heterocycles. The maximum Gasteiger partial charge on any atom is 0.322 e. The molecule has 9 heteroatoms. The second kappa shape index (κ2) is 16.7. The molecule has 0 unspecified atom stereocenters. The minimum Gasteiger partial charge on any atom is -0.480 e. The van der Waals surface area contributed by atoms with Crippen LogP contribution in [0.1, 0.15) is 69.8 Å². The first-order valence-corrected chi connectivity index (χ1v) is 15.3. The third-order valence-electron chi connectivity index (χ3n) is 6.75. The lowest BCUT2D eigenvalue weighted by molar-refractivity contribution is -0.387. The van der Waals surface area contributed by atoms with Gasteiger partial charge in [-0.25, -0.2) is 4.72 Å². The van der Waals surface area contributed by atoms with Gasteiger partial charge in [0.15, 0.2) is 0 Å². The molecule has 2 saturated carbocycles. The van der Waals surface area contributed by atoms with Crippen molar-refractivity contribution in [3.63, 3.8) is 0 Å². The van der Waals surface area contributed by atoms with Gasteiger partial charge in [-0.05, 0) is 49.3 Å². The predicted octanol–water partition coefficient (Wildman–Crippen LogP) is 6.82. The normalized spacial score (nSPS) is 17.4. The Morgan fingerprint density at radius 1 is 0.919 bits per heavy atom. The summed E-state index contributed by atoms with van der Waals surface area (Å²) in [5.41, 5.74) is 1.08. The largest absolute Gasteiger partial charge is 0.480 e. The molecule has 7 nitrogen and oxygen atoms in total. The van der Waals surface area contributed by atoms with Gasteiger partial charge in [-0.1, -0.05) is 81.0 Å². The number of carboxylic acids is 1. The van der Waals surface area contributed by atoms with Crippen LogP contribution in [0.2, 0.25) is 0 Å². The molecular formula is C28H39N3O4S2. The van der Waals surface area contributed by atoms with E-state index in [0.29, 0.717) is 16.4 Å². The van der Waals surface area contributed by atoms with Crippen LogP contribution in [0.25, 0.3) is 0 Å². The van der Waals surface area contributed by atoms with Crippen LogP contribution in [-0.4, -0.2) is 39.9 Å². The second-order valence-electron chi connectivity index (χ2n) is 9.67. The second-order valence-corrected chi connectivity index (χ2v) is 11.6. The van der Waals surface area contributed by atoms with Gasteiger partial charge in [-0.3, -0.25) is 14.9 Å². The van der Waals surface area contributed by atoms with Crippen molar-refractivity contribution in [1.29, 1.82) is 0 Å². The summed E-state index contributed by atoms with van der Waals surface area (Å²) in [5.74, 6) is 0.0852. The Hall–Kier alpha value is -2.07. The summed E-state index contributed by atoms with van der Waals surface area (Å²) >= 11 is 2.47. The lowest BCUT2D eigenvalue weighted by atomic mass is 9.91. The lowest BCUT2D eigenvalue weighted by Gasteiger charge is -2.30. The highest BCUT2D eigenvalue weighted by atomic mass is 32.2. The molecule has 0 aliphatic heterocycles. The third kappa shape index (κ3) is 11.1. The number of hydrogen-bond acceptors (Lipinski definition) is 7. The molecule has 2 aromatic carbocycles. The lowest BCUT2D eigenvalue weighted by Crippen LogP contribution is -2.40. The van der Waals surface area contributed by atoms with Gasteiger partial charge in [-0.15, -0.1) is 0 Å². The Morgan fingerprint density at radius 2 is 1.49 bits per heavy atom. The molecule has 202 valence electrons. The smallest absolute Gasteiger partial charge is 0.322 e. The van der Waals surface area contributed by atoms with E-state index in [0.717, 1.165) is 29.6 Å². The molecule has 0 saturated heterocycles. The van der Waals surface area contributed by atoms with Gasteiger partial charge in [0, 0.05) is 29.7 Å². The standard InChI is InChI=1S/C16H16N2O4S2.C12H23N/c19-16(20)13(11-23-10-12-6-2-1-3-7-12)17-24-15-9-5-4-8-14(15)18(21)22;1-3-7-11(8-4-1)13-12-9-5-2-6-10-12/h1-9,13,17H,10-11H2,(H,19,20);11-13H,1-10H2/t13-;/m0./s1. The maximum absolute atomic E-state index is 11.4. The van der Waals surface area contributed by atoms with E-state index >= 15 is 0 Å². The van der Waals surface area contributed by atoms with Crippen molar-refractivity contribution in [2.24, 2.45) is 0 Å². The number of carbonyl (C=O) groups is 1. The molecule has 37 heavy (non-hydrogen) atoms. The van der Waals surface area contributed by atoms with Crippen molar-refractivity contribution in [2.45, 2.75) is 93.0 Å². The molecule has 1 atom stereocenters. The van der Waals surface area contributed by atoms with Crippen LogP contribution in [0.15, 0.2) is 59.5 Å². The SMILES string of the molecule is C1CCC(NC2CCCCC2)CC1.O=C(O)[C@H](CSCc1ccccc1)NSc1ccccc1[N+](=O)[O-]. The predicted molar refractivity (Wildman–Crippen MR) is 153 cm³/mol. The van der Waals surface area contributed by atoms with Gasteiger partial charge >= 0.3 is 5.97 Å². The Labute approximate surface area is 228 Å². The van der Waals surface area contributed by atoms with Crippen molar-refractivity contribution in [1.82, 2.24) is 10.0 Å². The molecular weight excluding hydrogens is 506 g/mol. The molecule has 0 bridgehead atoms. The number of nitro benzene ring substituents is 1. The van der Waals surface area contributed by atoms with E-state index in [-0.39, 0.29) is 5.69 Å². The number of aliphatic carboxylic acids is 1. The molecule has 2 aliphatic rings. The highest BCUT2D eigenvalue weighted by molar-refractivity contribution is 7.99. The monoisotopic (exact) mass is 545 g/mol. The van der Waals surface area contributed by atoms with E-state index in [4.69, 9.17) is 0 Å². The highest BCUT2D eigenvalue weighted by Crippen LogP contribution is 2.27. The van der Waals surface area contributed by atoms with Gasteiger partial charge in [0.05, 0.1) is 4.92 Å². The van der Waals surface area contributed by atoms with Crippen LogP contribution in [0.5, 0.6) is 0 Å². The summed E-state index contributed by atoms with van der Waals surface area (Å²) in [4.78, 5) is 22.2. The molecule has 2 fully saturated rings. The van der Waals surface area contributed by atoms with Gasteiger partial charge in [0.2, 0.25) is 0 Å². The van der Waals surface area contributed by atoms with Crippen molar-refractivity contribution < 1.29 is 14.8 Å². The minimum atomic E-state index is -0.985. The molecule has 2 aliphatic carbocycles. The molecule has 0 heterocycles. The summed E-state index contributed by atoms with van der Waals surface area (Å²) in [6.07, 6.45) is 14.6. The summed E-state index contributed by atoms with van der Waals surface area (Å²) in [6, 6.07) is 17.0. The first-order chi connectivity index (χ1) is 18.0. The van der Waals surface area contributed by atoms with Gasteiger partial charge in [-0.2, -0.15) is 11.8 Å². The fraction of sp³-hybridized carbons (Fsp3) is 0.536. The van der Waals surface area contributed by atoms with E-state index < -0.39 is 16.9 Å². The van der Waals surface area contributed by atoms with E-state index in [1.165, 1.54) is 82.0 Å². The third-order valence-corrected chi connectivity index (χ3v) is 8.82. The van der Waals surface area contributed by atoms with Crippen LogP contribution >= 0.6 is 23.7 Å². The number of nitro groups is 1. The van der Waals surface area contributed by atoms with Gasteiger partial charge in [0.1, 0.15) is 10.9 Å². The average Bonchev–Trinajstić information content (AvgIpc) is 2.92. The Balaban J connectivity index is 0.000000244. The number of hydrogen-bond donors (Lipinski definition) is 3. The maximum atomic E-state index is 11.4. The quantitative estimate of drug-likeness (QED) is 0.160. The summed E-state index contributed by atoms with van der Waals surface area (Å²) < 4.78 is 2.81. The average molecular weight is 546 g/mol. The van der Waals surface area contributed by atoms with Crippen molar-refractivity contribution in [3.8, 4) is 0 Å². The van der Waals surface area contributed by atoms with Gasteiger partial charge in [0.25, 0.3) is 5.69 Å². The molecule has 0 radical (unpaired) electrons.